The molecule has 2 heterocycles. The van der Waals surface area contributed by atoms with Gasteiger partial charge in [-0.2, -0.15) is 5.21 Å². The number of hydrogen-bond donors (Lipinski definition) is 2. The molecule has 1 fully saturated rings. The number of carbonyl (C=O) groups excluding carboxylic acids is 1. The third-order valence-corrected chi connectivity index (χ3v) is 2.38. The molecule has 1 aromatic heterocycles. The van der Waals surface area contributed by atoms with E-state index < -0.39 is 0 Å². The van der Waals surface area contributed by atoms with Gasteiger partial charge in [0.25, 0.3) is 0 Å². The van der Waals surface area contributed by atoms with E-state index in [2.05, 4.69) is 25.9 Å². The molecule has 0 saturated carbocycles. The van der Waals surface area contributed by atoms with E-state index in [-0.39, 0.29) is 17.9 Å². The summed E-state index contributed by atoms with van der Waals surface area (Å²) >= 11 is 0. The van der Waals surface area contributed by atoms with E-state index in [1.54, 1.807) is 0 Å². The fraction of sp³-hybridized carbons (Fsp3) is 0.750. The number of aromatic amines is 1. The maximum absolute atomic E-state index is 11.6. The van der Waals surface area contributed by atoms with Crippen molar-refractivity contribution >= 4 is 5.91 Å². The summed E-state index contributed by atoms with van der Waals surface area (Å²) in [5.41, 5.74) is 0. The molecule has 1 aliphatic heterocycles. The number of H-pyrrole nitrogens is 1. The smallest absolute Gasteiger partial charge is 0.225 e. The molecular weight excluding hydrogens is 198 g/mol. The lowest BCUT2D eigenvalue weighted by Gasteiger charge is -2.06. The normalized spacial score (nSPS) is 25.4. The SMILES string of the molecule is CC1CC(C(=O)NCc2nn[nH]n2)CO1. The molecule has 1 saturated heterocycles. The Morgan fingerprint density at radius 3 is 3.20 bits per heavy atom. The van der Waals surface area contributed by atoms with Crippen LogP contribution in [0.1, 0.15) is 19.2 Å². The van der Waals surface area contributed by atoms with Gasteiger partial charge in [0.1, 0.15) is 0 Å². The van der Waals surface area contributed by atoms with Crippen molar-refractivity contribution in [2.75, 3.05) is 6.61 Å². The molecule has 7 heteroatoms. The Labute approximate surface area is 86.6 Å². The van der Waals surface area contributed by atoms with Gasteiger partial charge < -0.3 is 10.1 Å². The fourth-order valence-electron chi connectivity index (χ4n) is 1.57. The number of ether oxygens (including phenoxy) is 1. The second kappa shape index (κ2) is 4.35. The number of amides is 1. The highest BCUT2D eigenvalue weighted by Gasteiger charge is 2.27. The molecule has 1 aliphatic rings. The Hall–Kier alpha value is -1.50. The molecule has 1 amide bonds. The summed E-state index contributed by atoms with van der Waals surface area (Å²) in [4.78, 5) is 11.6. The van der Waals surface area contributed by atoms with E-state index >= 15 is 0 Å². The highest BCUT2D eigenvalue weighted by molar-refractivity contribution is 5.78. The number of tetrazole rings is 1. The quantitative estimate of drug-likeness (QED) is 0.685. The molecule has 0 bridgehead atoms. The van der Waals surface area contributed by atoms with Crippen LogP contribution in [0.5, 0.6) is 0 Å². The van der Waals surface area contributed by atoms with Crippen LogP contribution in [0.25, 0.3) is 0 Å². The Morgan fingerprint density at radius 1 is 1.73 bits per heavy atom. The van der Waals surface area contributed by atoms with Gasteiger partial charge >= 0.3 is 0 Å². The third-order valence-electron chi connectivity index (χ3n) is 2.38. The van der Waals surface area contributed by atoms with Gasteiger partial charge in [0.05, 0.1) is 25.2 Å². The molecule has 0 aromatic carbocycles. The van der Waals surface area contributed by atoms with Crippen LogP contribution in [-0.2, 0) is 16.1 Å². The van der Waals surface area contributed by atoms with Crippen molar-refractivity contribution in [1.82, 2.24) is 25.9 Å². The second-order valence-corrected chi connectivity index (χ2v) is 3.62. The molecular formula is C8H13N5O2. The minimum atomic E-state index is -0.0492. The molecule has 0 radical (unpaired) electrons. The van der Waals surface area contributed by atoms with Crippen molar-refractivity contribution in [1.29, 1.82) is 0 Å². The van der Waals surface area contributed by atoms with Crippen molar-refractivity contribution in [3.05, 3.63) is 5.82 Å². The van der Waals surface area contributed by atoms with Crippen LogP contribution in [0.15, 0.2) is 0 Å². The highest BCUT2D eigenvalue weighted by Crippen LogP contribution is 2.18. The van der Waals surface area contributed by atoms with Crippen molar-refractivity contribution < 1.29 is 9.53 Å². The van der Waals surface area contributed by atoms with Crippen LogP contribution in [0.4, 0.5) is 0 Å². The largest absolute Gasteiger partial charge is 0.378 e. The first kappa shape index (κ1) is 10.0. The standard InChI is InChI=1S/C8H13N5O2/c1-5-2-6(4-15-5)8(14)9-3-7-10-12-13-11-7/h5-6H,2-4H2,1H3,(H,9,14)(H,10,11,12,13). The molecule has 2 atom stereocenters. The highest BCUT2D eigenvalue weighted by atomic mass is 16.5. The molecule has 1 aromatic rings. The zero-order chi connectivity index (χ0) is 10.7. The van der Waals surface area contributed by atoms with Gasteiger partial charge in [-0.15, -0.1) is 10.2 Å². The van der Waals surface area contributed by atoms with Crippen LogP contribution in [-0.4, -0.2) is 39.2 Å². The Kier molecular flexibility index (Phi) is 2.91. The topological polar surface area (TPSA) is 92.8 Å². The minimum absolute atomic E-state index is 0.0100. The maximum atomic E-state index is 11.6. The van der Waals surface area contributed by atoms with Gasteiger partial charge in [-0.1, -0.05) is 5.21 Å². The lowest BCUT2D eigenvalue weighted by atomic mass is 10.1. The zero-order valence-electron chi connectivity index (χ0n) is 8.43. The zero-order valence-corrected chi connectivity index (χ0v) is 8.43. The van der Waals surface area contributed by atoms with Crippen LogP contribution >= 0.6 is 0 Å². The van der Waals surface area contributed by atoms with E-state index in [0.717, 1.165) is 6.42 Å². The van der Waals surface area contributed by atoms with Crippen LogP contribution in [0, 0.1) is 5.92 Å². The number of nitrogens with one attached hydrogen (secondary N) is 2. The van der Waals surface area contributed by atoms with Crippen molar-refractivity contribution in [3.63, 3.8) is 0 Å². The first-order valence-electron chi connectivity index (χ1n) is 4.87. The summed E-state index contributed by atoms with van der Waals surface area (Å²) in [6.07, 6.45) is 0.948. The van der Waals surface area contributed by atoms with Gasteiger partial charge in [-0.05, 0) is 13.3 Å². The van der Waals surface area contributed by atoms with Crippen LogP contribution in [0.3, 0.4) is 0 Å². The number of rotatable bonds is 3. The van der Waals surface area contributed by atoms with Crippen LogP contribution in [0.2, 0.25) is 0 Å². The predicted octanol–water partition coefficient (Wildman–Crippen LogP) is -0.759. The van der Waals surface area contributed by atoms with E-state index in [4.69, 9.17) is 4.74 Å². The van der Waals surface area contributed by atoms with E-state index in [0.29, 0.717) is 19.0 Å². The summed E-state index contributed by atoms with van der Waals surface area (Å²) in [5, 5.41) is 15.9. The predicted molar refractivity (Wildman–Crippen MR) is 49.5 cm³/mol. The maximum Gasteiger partial charge on any atom is 0.225 e. The average molecular weight is 211 g/mol. The first-order chi connectivity index (χ1) is 7.25. The van der Waals surface area contributed by atoms with Crippen LogP contribution < -0.4 is 5.32 Å². The third kappa shape index (κ3) is 2.50. The molecule has 2 unspecified atom stereocenters. The molecule has 15 heavy (non-hydrogen) atoms. The lowest BCUT2D eigenvalue weighted by molar-refractivity contribution is -0.125. The van der Waals surface area contributed by atoms with Crippen molar-refractivity contribution in [2.24, 2.45) is 5.92 Å². The number of hydrogen-bond acceptors (Lipinski definition) is 5. The molecule has 2 rings (SSSR count). The summed E-state index contributed by atoms with van der Waals surface area (Å²) in [6.45, 7) is 2.77. The van der Waals surface area contributed by atoms with Gasteiger partial charge in [-0.25, -0.2) is 0 Å². The molecule has 7 nitrogen and oxygen atoms in total. The van der Waals surface area contributed by atoms with Gasteiger partial charge in [0.2, 0.25) is 5.91 Å². The molecule has 0 aliphatic carbocycles. The number of carbonyl (C=O) groups is 1. The van der Waals surface area contributed by atoms with Gasteiger partial charge in [0, 0.05) is 0 Å². The summed E-state index contributed by atoms with van der Waals surface area (Å²) in [7, 11) is 0. The monoisotopic (exact) mass is 211 g/mol. The second-order valence-electron chi connectivity index (χ2n) is 3.62. The van der Waals surface area contributed by atoms with Crippen molar-refractivity contribution in [2.45, 2.75) is 26.0 Å². The first-order valence-corrected chi connectivity index (χ1v) is 4.87. The lowest BCUT2D eigenvalue weighted by Crippen LogP contribution is -2.31. The van der Waals surface area contributed by atoms with E-state index in [9.17, 15) is 4.79 Å². The number of aromatic nitrogens is 4. The summed E-state index contributed by atoms with van der Waals surface area (Å²) in [5.74, 6) is 0.423. The fourth-order valence-corrected chi connectivity index (χ4v) is 1.57. The van der Waals surface area contributed by atoms with Crippen molar-refractivity contribution in [3.8, 4) is 0 Å². The van der Waals surface area contributed by atoms with E-state index in [1.165, 1.54) is 0 Å². The van der Waals surface area contributed by atoms with Gasteiger partial charge in [0.15, 0.2) is 5.82 Å². The average Bonchev–Trinajstić information content (AvgIpc) is 2.84. The van der Waals surface area contributed by atoms with E-state index in [1.807, 2.05) is 6.92 Å². The molecule has 0 spiro atoms. The van der Waals surface area contributed by atoms with Gasteiger partial charge in [-0.3, -0.25) is 4.79 Å². The summed E-state index contributed by atoms with van der Waals surface area (Å²) in [6, 6.07) is 0. The summed E-state index contributed by atoms with van der Waals surface area (Å²) < 4.78 is 5.31. The molecule has 2 N–H and O–H groups in total. The Bertz CT molecular complexity index is 326. The minimum Gasteiger partial charge on any atom is -0.378 e. The Morgan fingerprint density at radius 2 is 2.60 bits per heavy atom. The Balaban J connectivity index is 1.78. The molecule has 82 valence electrons. The number of nitrogens with zero attached hydrogens (tertiary/aromatic N) is 3.